The van der Waals surface area contributed by atoms with Gasteiger partial charge in [0, 0.05) is 14.7 Å². The average molecular weight is 503 g/mol. The predicted octanol–water partition coefficient (Wildman–Crippen LogP) is 3.20. The van der Waals surface area contributed by atoms with E-state index in [1.54, 1.807) is 6.21 Å². The van der Waals surface area contributed by atoms with Crippen LogP contribution in [0.15, 0.2) is 17.2 Å². The highest BCUT2D eigenvalue weighted by atomic mass is 127. The van der Waals surface area contributed by atoms with E-state index in [0.717, 1.165) is 7.14 Å². The lowest BCUT2D eigenvalue weighted by molar-refractivity contribution is 0.470. The minimum atomic E-state index is -0.112. The Bertz CT molecular complexity index is 512. The van der Waals surface area contributed by atoms with Crippen LogP contribution < -0.4 is 10.7 Å². The van der Waals surface area contributed by atoms with Crippen LogP contribution in [-0.2, 0) is 0 Å². The number of aromatic hydroxyl groups is 1. The van der Waals surface area contributed by atoms with E-state index in [-0.39, 0.29) is 11.3 Å². The molecule has 0 bridgehead atoms. The minimum absolute atomic E-state index is 0.112. The predicted molar refractivity (Wildman–Crippen MR) is 99.8 cm³/mol. The van der Waals surface area contributed by atoms with E-state index in [9.17, 15) is 5.11 Å². The molecule has 0 aliphatic rings. The summed E-state index contributed by atoms with van der Waals surface area (Å²) in [6, 6.07) is 3.75. The van der Waals surface area contributed by atoms with Crippen LogP contribution in [0.2, 0.25) is 0 Å². The molecule has 0 unspecified atom stereocenters. The van der Waals surface area contributed by atoms with E-state index in [2.05, 4.69) is 61.0 Å². The largest absolute Gasteiger partial charge is 0.506 e. The number of phenols is 1. The van der Waals surface area contributed by atoms with Crippen LogP contribution in [0, 0.1) is 7.14 Å². The van der Waals surface area contributed by atoms with Crippen LogP contribution in [0.3, 0.4) is 0 Å². The zero-order chi connectivity index (χ0) is 14.6. The van der Waals surface area contributed by atoms with Crippen LogP contribution in [0.4, 0.5) is 0 Å². The topological polar surface area (TPSA) is 56.7 Å². The summed E-state index contributed by atoms with van der Waals surface area (Å²) in [5.74, 6) is 0.223. The minimum Gasteiger partial charge on any atom is -0.506 e. The van der Waals surface area contributed by atoms with Gasteiger partial charge in [-0.2, -0.15) is 5.10 Å². The molecule has 4 nitrogen and oxygen atoms in total. The van der Waals surface area contributed by atoms with Crippen molar-refractivity contribution in [2.45, 2.75) is 26.3 Å². The highest BCUT2D eigenvalue weighted by molar-refractivity contribution is 14.1. The fourth-order valence-electron chi connectivity index (χ4n) is 1.21. The molecule has 0 aliphatic carbocycles. The molecule has 1 rings (SSSR count). The average Bonchev–Trinajstić information content (AvgIpc) is 2.22. The lowest BCUT2D eigenvalue weighted by atomic mass is 10.1. The number of benzene rings is 1. The maximum absolute atomic E-state index is 9.90. The van der Waals surface area contributed by atoms with Crippen molar-refractivity contribution in [2.75, 3.05) is 0 Å². The second kappa shape index (κ2) is 7.02. The van der Waals surface area contributed by atoms with E-state index in [1.165, 1.54) is 0 Å². The molecule has 19 heavy (non-hydrogen) atoms. The SMILES string of the molecule is CC(C)(C)NC(=S)N/N=C\c1cc(I)cc(I)c1O. The summed E-state index contributed by atoms with van der Waals surface area (Å²) >= 11 is 9.38. The number of halogens is 2. The highest BCUT2D eigenvalue weighted by Gasteiger charge is 2.10. The molecule has 0 aromatic heterocycles. The maximum atomic E-state index is 9.90. The lowest BCUT2D eigenvalue weighted by Crippen LogP contribution is -2.44. The molecule has 104 valence electrons. The monoisotopic (exact) mass is 503 g/mol. The summed E-state index contributed by atoms with van der Waals surface area (Å²) in [5.41, 5.74) is 3.27. The zero-order valence-corrected chi connectivity index (χ0v) is 15.9. The number of thiocarbonyl (C=S) groups is 1. The van der Waals surface area contributed by atoms with Gasteiger partial charge in [-0.3, -0.25) is 5.43 Å². The molecule has 0 fully saturated rings. The summed E-state index contributed by atoms with van der Waals surface area (Å²) < 4.78 is 1.83. The number of rotatable bonds is 2. The Morgan fingerprint density at radius 3 is 2.58 bits per heavy atom. The van der Waals surface area contributed by atoms with Crippen molar-refractivity contribution in [3.63, 3.8) is 0 Å². The second-order valence-corrected chi connectivity index (χ2v) is 7.72. The maximum Gasteiger partial charge on any atom is 0.187 e. The lowest BCUT2D eigenvalue weighted by Gasteiger charge is -2.21. The third-order valence-corrected chi connectivity index (χ3v) is 3.55. The van der Waals surface area contributed by atoms with E-state index in [1.807, 2.05) is 32.9 Å². The summed E-state index contributed by atoms with van der Waals surface area (Å²) in [5, 5.41) is 17.5. The first-order valence-electron chi connectivity index (χ1n) is 5.48. The first kappa shape index (κ1) is 16.9. The molecule has 0 radical (unpaired) electrons. The van der Waals surface area contributed by atoms with Crippen molar-refractivity contribution in [1.82, 2.24) is 10.7 Å². The molecule has 1 aromatic rings. The summed E-state index contributed by atoms with van der Waals surface area (Å²) in [4.78, 5) is 0. The first-order chi connectivity index (χ1) is 8.69. The Morgan fingerprint density at radius 2 is 2.00 bits per heavy atom. The summed E-state index contributed by atoms with van der Waals surface area (Å²) in [7, 11) is 0. The zero-order valence-electron chi connectivity index (χ0n) is 10.8. The number of hydrazone groups is 1. The molecule has 0 heterocycles. The van der Waals surface area contributed by atoms with Crippen molar-refractivity contribution in [2.24, 2.45) is 5.10 Å². The second-order valence-electron chi connectivity index (χ2n) is 4.90. The van der Waals surface area contributed by atoms with Gasteiger partial charge in [-0.25, -0.2) is 0 Å². The molecule has 1 aromatic carbocycles. The van der Waals surface area contributed by atoms with Gasteiger partial charge in [-0.15, -0.1) is 0 Å². The number of nitrogens with one attached hydrogen (secondary N) is 2. The molecule has 3 N–H and O–H groups in total. The van der Waals surface area contributed by atoms with Crippen molar-refractivity contribution in [3.05, 3.63) is 24.8 Å². The molecule has 0 saturated heterocycles. The Kier molecular flexibility index (Phi) is 6.24. The number of hydrogen-bond donors (Lipinski definition) is 3. The van der Waals surface area contributed by atoms with Crippen molar-refractivity contribution < 1.29 is 5.11 Å². The fourth-order valence-corrected chi connectivity index (χ4v) is 3.46. The van der Waals surface area contributed by atoms with Crippen molar-refractivity contribution in [1.29, 1.82) is 0 Å². The van der Waals surface area contributed by atoms with E-state index < -0.39 is 0 Å². The summed E-state index contributed by atoms with van der Waals surface area (Å²) in [6.45, 7) is 6.04. The van der Waals surface area contributed by atoms with Crippen LogP contribution >= 0.6 is 57.4 Å². The van der Waals surface area contributed by atoms with E-state index in [0.29, 0.717) is 10.7 Å². The standard InChI is InChI=1S/C12H15I2N3OS/c1-12(2,3)16-11(19)17-15-6-7-4-8(13)5-9(14)10(7)18/h4-6,18H,1-3H3,(H2,16,17,19)/b15-6-. The number of nitrogens with zero attached hydrogens (tertiary/aromatic N) is 1. The Balaban J connectivity index is 2.71. The molecule has 7 heteroatoms. The smallest absolute Gasteiger partial charge is 0.187 e. The first-order valence-corrected chi connectivity index (χ1v) is 8.05. The van der Waals surface area contributed by atoms with Gasteiger partial charge in [-0.05, 0) is 90.3 Å². The van der Waals surface area contributed by atoms with Gasteiger partial charge in [0.25, 0.3) is 0 Å². The third kappa shape index (κ3) is 6.21. The number of hydrogen-bond acceptors (Lipinski definition) is 3. The van der Waals surface area contributed by atoms with Gasteiger partial charge in [-0.1, -0.05) is 0 Å². The number of phenolic OH excluding ortho intramolecular Hbond substituents is 1. The Morgan fingerprint density at radius 1 is 1.37 bits per heavy atom. The Labute approximate surface area is 145 Å². The van der Waals surface area contributed by atoms with Gasteiger partial charge < -0.3 is 10.4 Å². The van der Waals surface area contributed by atoms with Gasteiger partial charge in [0.15, 0.2) is 5.11 Å². The highest BCUT2D eigenvalue weighted by Crippen LogP contribution is 2.25. The molecule has 0 aliphatic heterocycles. The fraction of sp³-hybridized carbons (Fsp3) is 0.333. The van der Waals surface area contributed by atoms with Crippen LogP contribution in [0.25, 0.3) is 0 Å². The van der Waals surface area contributed by atoms with Gasteiger partial charge in [0.1, 0.15) is 5.75 Å². The molecule has 0 atom stereocenters. The van der Waals surface area contributed by atoms with Crippen molar-refractivity contribution in [3.8, 4) is 5.75 Å². The normalized spacial score (nSPS) is 11.6. The molecular weight excluding hydrogens is 488 g/mol. The van der Waals surface area contributed by atoms with Crippen LogP contribution in [-0.4, -0.2) is 22.0 Å². The molecular formula is C12H15I2N3OS. The summed E-state index contributed by atoms with van der Waals surface area (Å²) in [6.07, 6.45) is 1.55. The van der Waals surface area contributed by atoms with Crippen LogP contribution in [0.5, 0.6) is 5.75 Å². The van der Waals surface area contributed by atoms with E-state index in [4.69, 9.17) is 12.2 Å². The van der Waals surface area contributed by atoms with E-state index >= 15 is 0 Å². The molecule has 0 saturated carbocycles. The Hall–Kier alpha value is -0.160. The van der Waals surface area contributed by atoms with Gasteiger partial charge >= 0.3 is 0 Å². The van der Waals surface area contributed by atoms with Crippen LogP contribution in [0.1, 0.15) is 26.3 Å². The third-order valence-electron chi connectivity index (χ3n) is 1.92. The molecule has 0 spiro atoms. The quantitative estimate of drug-likeness (QED) is 0.251. The molecule has 0 amide bonds. The van der Waals surface area contributed by atoms with Gasteiger partial charge in [0.2, 0.25) is 0 Å². The van der Waals surface area contributed by atoms with Crippen molar-refractivity contribution >= 4 is 68.7 Å². The van der Waals surface area contributed by atoms with Gasteiger partial charge in [0.05, 0.1) is 9.78 Å².